The summed E-state index contributed by atoms with van der Waals surface area (Å²) in [6, 6.07) is 6.37. The highest BCUT2D eigenvalue weighted by Gasteiger charge is 2.26. The van der Waals surface area contributed by atoms with Crippen molar-refractivity contribution in [3.8, 4) is 0 Å². The van der Waals surface area contributed by atoms with Crippen LogP contribution in [-0.2, 0) is 6.42 Å². The molecule has 0 bridgehead atoms. The highest BCUT2D eigenvalue weighted by atomic mass is 79.9. The van der Waals surface area contributed by atoms with Crippen molar-refractivity contribution in [2.45, 2.75) is 20.3 Å². The molecule has 0 heterocycles. The minimum atomic E-state index is 0.110. The van der Waals surface area contributed by atoms with Crippen molar-refractivity contribution in [3.63, 3.8) is 0 Å². The maximum atomic E-state index is 5.81. The van der Waals surface area contributed by atoms with Gasteiger partial charge in [0.25, 0.3) is 0 Å². The van der Waals surface area contributed by atoms with Gasteiger partial charge in [-0.15, -0.1) is 0 Å². The second-order valence-corrected chi connectivity index (χ2v) is 5.60. The predicted octanol–water partition coefficient (Wildman–Crippen LogP) is 3.37. The third-order valence-corrected chi connectivity index (χ3v) is 3.91. The van der Waals surface area contributed by atoms with Crippen molar-refractivity contribution < 1.29 is 0 Å². The Balaban J connectivity index is 2.40. The van der Waals surface area contributed by atoms with Crippen LogP contribution in [-0.4, -0.2) is 6.54 Å². The maximum Gasteiger partial charge on any atom is 0.0250 e. The van der Waals surface area contributed by atoms with Crippen LogP contribution in [0.4, 0.5) is 0 Å². The minimum Gasteiger partial charge on any atom is -0.330 e. The van der Waals surface area contributed by atoms with Crippen molar-refractivity contribution >= 4 is 22.0 Å². The van der Waals surface area contributed by atoms with Crippen molar-refractivity contribution in [2.24, 2.45) is 11.1 Å². The van der Waals surface area contributed by atoms with E-state index in [1.807, 2.05) is 0 Å². The van der Waals surface area contributed by atoms with Crippen LogP contribution in [0.1, 0.15) is 25.0 Å². The summed E-state index contributed by atoms with van der Waals surface area (Å²) >= 11 is 3.59. The van der Waals surface area contributed by atoms with Gasteiger partial charge >= 0.3 is 0 Å². The average Bonchev–Trinajstić information content (AvgIpc) is 2.64. The number of nitrogens with two attached hydrogens (primary N) is 1. The highest BCUT2D eigenvalue weighted by Crippen LogP contribution is 2.38. The molecule has 2 N–H and O–H groups in total. The third kappa shape index (κ3) is 1.88. The normalized spacial score (nSPS) is 15.1. The van der Waals surface area contributed by atoms with Gasteiger partial charge in [0.2, 0.25) is 0 Å². The standard InChI is InChI=1S/C13H16BrN/c1-13(2,8-15)10-6-9-4-3-5-12(14)11(9)7-10/h3-5,7H,6,8,15H2,1-2H3. The number of fused-ring (bicyclic) bond motifs is 1. The molecule has 1 aliphatic rings. The topological polar surface area (TPSA) is 26.0 Å². The molecule has 1 aliphatic carbocycles. The Bertz CT molecular complexity index is 419. The summed E-state index contributed by atoms with van der Waals surface area (Å²) in [4.78, 5) is 0. The lowest BCUT2D eigenvalue weighted by molar-refractivity contribution is 0.456. The minimum absolute atomic E-state index is 0.110. The summed E-state index contributed by atoms with van der Waals surface area (Å²) in [6.45, 7) is 5.11. The molecular formula is C13H16BrN. The second kappa shape index (κ2) is 3.76. The van der Waals surface area contributed by atoms with Crippen LogP contribution >= 0.6 is 15.9 Å². The molecule has 0 atom stereocenters. The lowest BCUT2D eigenvalue weighted by atomic mass is 9.83. The van der Waals surface area contributed by atoms with Crippen LogP contribution in [0.15, 0.2) is 28.2 Å². The third-order valence-electron chi connectivity index (χ3n) is 3.22. The average molecular weight is 266 g/mol. The quantitative estimate of drug-likeness (QED) is 0.872. The van der Waals surface area contributed by atoms with Gasteiger partial charge in [0.05, 0.1) is 0 Å². The van der Waals surface area contributed by atoms with E-state index in [1.165, 1.54) is 21.2 Å². The Morgan fingerprint density at radius 1 is 1.40 bits per heavy atom. The molecule has 0 amide bonds. The molecular weight excluding hydrogens is 250 g/mol. The fourth-order valence-electron chi connectivity index (χ4n) is 1.89. The molecule has 80 valence electrons. The number of hydrogen-bond donors (Lipinski definition) is 1. The van der Waals surface area contributed by atoms with E-state index in [0.717, 1.165) is 6.42 Å². The Morgan fingerprint density at radius 2 is 2.13 bits per heavy atom. The molecule has 0 aromatic heterocycles. The Hall–Kier alpha value is -0.600. The zero-order chi connectivity index (χ0) is 11.1. The first-order valence-corrected chi connectivity index (χ1v) is 6.02. The predicted molar refractivity (Wildman–Crippen MR) is 68.7 cm³/mol. The van der Waals surface area contributed by atoms with Crippen molar-refractivity contribution in [1.82, 2.24) is 0 Å². The summed E-state index contributed by atoms with van der Waals surface area (Å²) in [6.07, 6.45) is 3.32. The summed E-state index contributed by atoms with van der Waals surface area (Å²) in [5.41, 5.74) is 10.1. The molecule has 2 heteroatoms. The molecule has 15 heavy (non-hydrogen) atoms. The van der Waals surface area contributed by atoms with Crippen molar-refractivity contribution in [3.05, 3.63) is 39.4 Å². The van der Waals surface area contributed by atoms with Gasteiger partial charge in [0, 0.05) is 11.0 Å². The largest absolute Gasteiger partial charge is 0.330 e. The Labute approximate surface area is 99.5 Å². The van der Waals surface area contributed by atoms with Gasteiger partial charge < -0.3 is 5.73 Å². The molecule has 0 saturated carbocycles. The van der Waals surface area contributed by atoms with E-state index in [2.05, 4.69) is 54.1 Å². The van der Waals surface area contributed by atoms with Gasteiger partial charge in [-0.3, -0.25) is 0 Å². The number of hydrogen-bond acceptors (Lipinski definition) is 1. The van der Waals surface area contributed by atoms with E-state index in [-0.39, 0.29) is 5.41 Å². The smallest absolute Gasteiger partial charge is 0.0250 e. The van der Waals surface area contributed by atoms with Crippen LogP contribution < -0.4 is 5.73 Å². The molecule has 0 spiro atoms. The first kappa shape index (κ1) is 10.9. The molecule has 0 aliphatic heterocycles. The van der Waals surface area contributed by atoms with Crippen molar-refractivity contribution in [1.29, 1.82) is 0 Å². The van der Waals surface area contributed by atoms with Crippen LogP contribution in [0.2, 0.25) is 0 Å². The Morgan fingerprint density at radius 3 is 2.73 bits per heavy atom. The number of benzene rings is 1. The molecule has 1 aromatic rings. The van der Waals surface area contributed by atoms with Crippen LogP contribution in [0, 0.1) is 5.41 Å². The van der Waals surface area contributed by atoms with Crippen molar-refractivity contribution in [2.75, 3.05) is 6.54 Å². The summed E-state index contributed by atoms with van der Waals surface area (Å²) < 4.78 is 1.18. The van der Waals surface area contributed by atoms with E-state index >= 15 is 0 Å². The van der Waals surface area contributed by atoms with Gasteiger partial charge in [-0.05, 0) is 29.0 Å². The van der Waals surface area contributed by atoms with E-state index in [9.17, 15) is 0 Å². The van der Waals surface area contributed by atoms with E-state index in [0.29, 0.717) is 6.54 Å². The van der Waals surface area contributed by atoms with Gasteiger partial charge in [-0.1, -0.05) is 53.6 Å². The van der Waals surface area contributed by atoms with Crippen LogP contribution in [0.3, 0.4) is 0 Å². The second-order valence-electron chi connectivity index (χ2n) is 4.75. The summed E-state index contributed by atoms with van der Waals surface area (Å²) in [5.74, 6) is 0. The zero-order valence-electron chi connectivity index (χ0n) is 9.18. The van der Waals surface area contributed by atoms with Gasteiger partial charge in [0.1, 0.15) is 0 Å². The summed E-state index contributed by atoms with van der Waals surface area (Å²) in [7, 11) is 0. The first-order valence-electron chi connectivity index (χ1n) is 5.23. The Kier molecular flexibility index (Phi) is 2.73. The molecule has 0 radical (unpaired) electrons. The van der Waals surface area contributed by atoms with E-state index < -0.39 is 0 Å². The zero-order valence-corrected chi connectivity index (χ0v) is 10.8. The fraction of sp³-hybridized carbons (Fsp3) is 0.385. The summed E-state index contributed by atoms with van der Waals surface area (Å²) in [5, 5.41) is 0. The van der Waals surface area contributed by atoms with Crippen LogP contribution in [0.25, 0.3) is 6.08 Å². The fourth-order valence-corrected chi connectivity index (χ4v) is 2.42. The first-order chi connectivity index (χ1) is 7.04. The lowest BCUT2D eigenvalue weighted by Gasteiger charge is -2.24. The van der Waals surface area contributed by atoms with Gasteiger partial charge in [-0.25, -0.2) is 0 Å². The van der Waals surface area contributed by atoms with Gasteiger partial charge in [-0.2, -0.15) is 0 Å². The maximum absolute atomic E-state index is 5.81. The molecule has 0 unspecified atom stereocenters. The molecule has 2 rings (SSSR count). The number of halogens is 1. The van der Waals surface area contributed by atoms with E-state index in [1.54, 1.807) is 0 Å². The van der Waals surface area contributed by atoms with Gasteiger partial charge in [0.15, 0.2) is 0 Å². The molecule has 0 fully saturated rings. The highest BCUT2D eigenvalue weighted by molar-refractivity contribution is 9.10. The van der Waals surface area contributed by atoms with E-state index in [4.69, 9.17) is 5.73 Å². The number of rotatable bonds is 2. The SMILES string of the molecule is CC(C)(CN)C1=Cc2c(Br)cccc2C1. The monoisotopic (exact) mass is 265 g/mol. The lowest BCUT2D eigenvalue weighted by Crippen LogP contribution is -2.25. The molecule has 0 saturated heterocycles. The van der Waals surface area contributed by atoms with Crippen LogP contribution in [0.5, 0.6) is 0 Å². The molecule has 1 nitrogen and oxygen atoms in total. The molecule has 1 aromatic carbocycles.